The van der Waals surface area contributed by atoms with E-state index in [0.717, 1.165) is 21.4 Å². The topological polar surface area (TPSA) is 75.7 Å². The van der Waals surface area contributed by atoms with Gasteiger partial charge in [-0.2, -0.15) is 0 Å². The number of nitrogens with one attached hydrogen (secondary N) is 1. The molecule has 172 valence electrons. The Labute approximate surface area is 206 Å². The van der Waals surface area contributed by atoms with Crippen LogP contribution in [0.2, 0.25) is 0 Å². The fraction of sp³-hybridized carbons (Fsp3) is 0.148. The van der Waals surface area contributed by atoms with Crippen molar-refractivity contribution in [2.45, 2.75) is 20.3 Å². The summed E-state index contributed by atoms with van der Waals surface area (Å²) >= 11 is 3.62. The fourth-order valence-electron chi connectivity index (χ4n) is 3.98. The molecule has 1 N–H and O–H groups in total. The third-order valence-electron chi connectivity index (χ3n) is 5.50. The molecule has 0 aliphatic carbocycles. The van der Waals surface area contributed by atoms with Gasteiger partial charge < -0.3 is 4.74 Å². The first-order chi connectivity index (χ1) is 16.2. The van der Waals surface area contributed by atoms with Crippen LogP contribution >= 0.6 is 15.9 Å². The fourth-order valence-corrected chi connectivity index (χ4v) is 4.51. The van der Waals surface area contributed by atoms with Crippen molar-refractivity contribution < 1.29 is 19.1 Å². The minimum Gasteiger partial charge on any atom is -0.497 e. The summed E-state index contributed by atoms with van der Waals surface area (Å²) in [7, 11) is 1.53. The average Bonchev–Trinajstić information content (AvgIpc) is 2.78. The number of barbiturate groups is 1. The quantitative estimate of drug-likeness (QED) is 0.365. The number of aryl methyl sites for hydroxylation is 2. The molecule has 34 heavy (non-hydrogen) atoms. The number of hydrogen-bond donors (Lipinski definition) is 1. The highest BCUT2D eigenvalue weighted by Gasteiger charge is 2.36. The molecule has 0 spiro atoms. The number of benzene rings is 3. The van der Waals surface area contributed by atoms with E-state index in [1.165, 1.54) is 29.9 Å². The number of amides is 4. The molecule has 0 bridgehead atoms. The third-order valence-corrected chi connectivity index (χ3v) is 6.23. The number of anilines is 1. The van der Waals surface area contributed by atoms with Crippen LogP contribution in [0.1, 0.15) is 27.8 Å². The van der Waals surface area contributed by atoms with Crippen molar-refractivity contribution >= 4 is 45.5 Å². The Kier molecular flexibility index (Phi) is 6.65. The van der Waals surface area contributed by atoms with Gasteiger partial charge in [0.1, 0.15) is 11.3 Å². The summed E-state index contributed by atoms with van der Waals surface area (Å²) < 4.78 is 5.99. The van der Waals surface area contributed by atoms with E-state index >= 15 is 0 Å². The van der Waals surface area contributed by atoms with Gasteiger partial charge in [0.2, 0.25) is 0 Å². The first kappa shape index (κ1) is 23.4. The summed E-state index contributed by atoms with van der Waals surface area (Å²) in [4.78, 5) is 38.9. The summed E-state index contributed by atoms with van der Waals surface area (Å²) in [6, 6.07) is 17.8. The van der Waals surface area contributed by atoms with Crippen molar-refractivity contribution in [3.63, 3.8) is 0 Å². The lowest BCUT2D eigenvalue weighted by atomic mass is 9.99. The van der Waals surface area contributed by atoms with Crippen LogP contribution in [-0.4, -0.2) is 25.0 Å². The molecule has 1 fully saturated rings. The molecule has 7 heteroatoms. The standard InChI is InChI=1S/C27H23BrN2O4/c1-16-10-17(2)12-19(11-16)13-20-5-4-18(15-24(20)28)14-23-25(31)29-27(33)30(26(23)32)21-6-8-22(34-3)9-7-21/h4-12,14-15H,13H2,1-3H3,(H,29,31,33)/b23-14+. The SMILES string of the molecule is COc1ccc(N2C(=O)NC(=O)/C(=C\c3ccc(Cc4cc(C)cc(C)c4)c(Br)c3)C2=O)cc1. The number of methoxy groups -OCH3 is 1. The van der Waals surface area contributed by atoms with Gasteiger partial charge >= 0.3 is 6.03 Å². The summed E-state index contributed by atoms with van der Waals surface area (Å²) in [5.41, 5.74) is 5.60. The van der Waals surface area contributed by atoms with Gasteiger partial charge in [-0.3, -0.25) is 14.9 Å². The van der Waals surface area contributed by atoms with E-state index in [1.807, 2.05) is 18.2 Å². The number of nitrogens with zero attached hydrogens (tertiary/aromatic N) is 1. The molecule has 0 unspecified atom stereocenters. The molecule has 0 aromatic heterocycles. The first-order valence-corrected chi connectivity index (χ1v) is 11.5. The molecule has 0 saturated carbocycles. The van der Waals surface area contributed by atoms with E-state index in [2.05, 4.69) is 53.3 Å². The minimum atomic E-state index is -0.790. The van der Waals surface area contributed by atoms with E-state index in [0.29, 0.717) is 17.0 Å². The molecule has 1 heterocycles. The highest BCUT2D eigenvalue weighted by Crippen LogP contribution is 2.27. The van der Waals surface area contributed by atoms with Crippen LogP contribution in [0.15, 0.2) is 70.7 Å². The highest BCUT2D eigenvalue weighted by atomic mass is 79.9. The third kappa shape index (κ3) is 4.94. The van der Waals surface area contributed by atoms with Crippen molar-refractivity contribution in [2.75, 3.05) is 12.0 Å². The second kappa shape index (κ2) is 9.65. The molecule has 4 amide bonds. The predicted octanol–water partition coefficient (Wildman–Crippen LogP) is 5.33. The molecule has 0 atom stereocenters. The van der Waals surface area contributed by atoms with E-state index < -0.39 is 17.8 Å². The molecular formula is C27H23BrN2O4. The van der Waals surface area contributed by atoms with Crippen molar-refractivity contribution in [3.8, 4) is 5.75 Å². The monoisotopic (exact) mass is 518 g/mol. The Morgan fingerprint density at radius 3 is 2.24 bits per heavy atom. The zero-order valence-electron chi connectivity index (χ0n) is 19.0. The van der Waals surface area contributed by atoms with Gasteiger partial charge in [0, 0.05) is 4.47 Å². The van der Waals surface area contributed by atoms with E-state index in [1.54, 1.807) is 24.3 Å². The van der Waals surface area contributed by atoms with Crippen LogP contribution in [0.25, 0.3) is 6.08 Å². The summed E-state index contributed by atoms with van der Waals surface area (Å²) in [6.07, 6.45) is 2.24. The Morgan fingerprint density at radius 2 is 1.62 bits per heavy atom. The molecule has 4 rings (SSSR count). The highest BCUT2D eigenvalue weighted by molar-refractivity contribution is 9.10. The largest absolute Gasteiger partial charge is 0.497 e. The number of carbonyl (C=O) groups excluding carboxylic acids is 3. The number of hydrogen-bond acceptors (Lipinski definition) is 4. The van der Waals surface area contributed by atoms with Gasteiger partial charge in [-0.15, -0.1) is 0 Å². The van der Waals surface area contributed by atoms with Crippen molar-refractivity contribution in [1.82, 2.24) is 5.32 Å². The number of carbonyl (C=O) groups is 3. The summed E-state index contributed by atoms with van der Waals surface area (Å²) in [5, 5.41) is 2.24. The van der Waals surface area contributed by atoms with Crippen LogP contribution in [-0.2, 0) is 16.0 Å². The predicted molar refractivity (Wildman–Crippen MR) is 135 cm³/mol. The molecule has 6 nitrogen and oxygen atoms in total. The van der Waals surface area contributed by atoms with Crippen LogP contribution < -0.4 is 15.0 Å². The first-order valence-electron chi connectivity index (χ1n) is 10.7. The van der Waals surface area contributed by atoms with Crippen molar-refractivity contribution in [3.05, 3.63) is 98.5 Å². The van der Waals surface area contributed by atoms with Crippen LogP contribution in [0.3, 0.4) is 0 Å². The molecule has 3 aromatic carbocycles. The lowest BCUT2D eigenvalue weighted by Crippen LogP contribution is -2.54. The lowest BCUT2D eigenvalue weighted by Gasteiger charge is -2.26. The zero-order chi connectivity index (χ0) is 24.4. The van der Waals surface area contributed by atoms with Gasteiger partial charge in [-0.05, 0) is 73.4 Å². The minimum absolute atomic E-state index is 0.121. The van der Waals surface area contributed by atoms with Crippen LogP contribution in [0, 0.1) is 13.8 Å². The normalized spacial score (nSPS) is 15.0. The number of urea groups is 1. The van der Waals surface area contributed by atoms with Gasteiger partial charge in [-0.25, -0.2) is 9.69 Å². The zero-order valence-corrected chi connectivity index (χ0v) is 20.6. The Hall–Kier alpha value is -3.71. The molecule has 1 saturated heterocycles. The molecular weight excluding hydrogens is 496 g/mol. The van der Waals surface area contributed by atoms with Crippen molar-refractivity contribution in [1.29, 1.82) is 0 Å². The van der Waals surface area contributed by atoms with Gasteiger partial charge in [0.15, 0.2) is 0 Å². The number of halogens is 1. The average molecular weight is 519 g/mol. The Morgan fingerprint density at radius 1 is 0.941 bits per heavy atom. The maximum absolute atomic E-state index is 13.1. The molecule has 0 radical (unpaired) electrons. The number of imide groups is 2. The van der Waals surface area contributed by atoms with Crippen LogP contribution in [0.5, 0.6) is 5.75 Å². The summed E-state index contributed by atoms with van der Waals surface area (Å²) in [5.74, 6) is -0.823. The van der Waals surface area contributed by atoms with Crippen molar-refractivity contribution in [2.24, 2.45) is 0 Å². The molecule has 3 aromatic rings. The Balaban J connectivity index is 1.61. The van der Waals surface area contributed by atoms with E-state index in [-0.39, 0.29) is 5.57 Å². The molecule has 1 aliphatic rings. The Bertz CT molecular complexity index is 1310. The molecule has 1 aliphatic heterocycles. The summed E-state index contributed by atoms with van der Waals surface area (Å²) in [6.45, 7) is 4.15. The van der Waals surface area contributed by atoms with Crippen LogP contribution in [0.4, 0.5) is 10.5 Å². The lowest BCUT2D eigenvalue weighted by molar-refractivity contribution is -0.122. The second-order valence-electron chi connectivity index (χ2n) is 8.18. The van der Waals surface area contributed by atoms with Gasteiger partial charge in [0.05, 0.1) is 12.8 Å². The maximum Gasteiger partial charge on any atom is 0.335 e. The van der Waals surface area contributed by atoms with E-state index in [9.17, 15) is 14.4 Å². The second-order valence-corrected chi connectivity index (χ2v) is 9.03. The van der Waals surface area contributed by atoms with Gasteiger partial charge in [-0.1, -0.05) is 57.4 Å². The van der Waals surface area contributed by atoms with E-state index in [4.69, 9.17) is 4.74 Å². The van der Waals surface area contributed by atoms with Gasteiger partial charge in [0.25, 0.3) is 11.8 Å². The number of rotatable bonds is 5. The smallest absolute Gasteiger partial charge is 0.335 e. The number of ether oxygens (including phenoxy) is 1. The maximum atomic E-state index is 13.1.